The quantitative estimate of drug-likeness (QED) is 0.893. The highest BCUT2D eigenvalue weighted by molar-refractivity contribution is 5.92. The minimum absolute atomic E-state index is 0.113. The summed E-state index contributed by atoms with van der Waals surface area (Å²) in [7, 11) is 1.94. The topological polar surface area (TPSA) is 44.4 Å². The number of rotatable bonds is 4. The average Bonchev–Trinajstić information content (AvgIpc) is 2.46. The Labute approximate surface area is 123 Å². The lowest BCUT2D eigenvalue weighted by Gasteiger charge is -2.39. The van der Waals surface area contributed by atoms with Crippen LogP contribution in [0.5, 0.6) is 0 Å². The number of piperidine rings is 1. The zero-order chi connectivity index (χ0) is 15.5. The number of carbonyl (C=O) groups is 1. The Balaban J connectivity index is 1.87. The molecule has 0 atom stereocenters. The highest BCUT2D eigenvalue weighted by Gasteiger charge is 2.28. The van der Waals surface area contributed by atoms with Gasteiger partial charge < -0.3 is 10.6 Å². The van der Waals surface area contributed by atoms with Crippen molar-refractivity contribution in [3.05, 3.63) is 29.8 Å². The number of carbonyl (C=O) groups excluding carboxylic acids is 1. The molecule has 0 aromatic heterocycles. The number of hydrogen-bond donors (Lipinski definition) is 2. The lowest BCUT2D eigenvalue weighted by molar-refractivity contribution is -0.117. The van der Waals surface area contributed by atoms with E-state index in [0.29, 0.717) is 0 Å². The highest BCUT2D eigenvalue weighted by Crippen LogP contribution is 2.21. The number of likely N-dealkylation sites (tertiary alicyclic amines) is 1. The average molecular weight is 297 g/mol. The second kappa shape index (κ2) is 6.49. The summed E-state index contributed by atoms with van der Waals surface area (Å²) in [5.74, 6) is -1.53. The van der Waals surface area contributed by atoms with Crippen LogP contribution in [-0.4, -0.2) is 43.0 Å². The fraction of sp³-hybridized carbons (Fsp3) is 0.533. The van der Waals surface area contributed by atoms with Crippen LogP contribution in [0.15, 0.2) is 18.2 Å². The van der Waals surface area contributed by atoms with E-state index in [1.807, 2.05) is 11.9 Å². The Bertz CT molecular complexity index is 514. The lowest BCUT2D eigenvalue weighted by Crippen LogP contribution is -2.51. The Hall–Kier alpha value is -1.53. The van der Waals surface area contributed by atoms with Crippen LogP contribution in [0.25, 0.3) is 0 Å². The van der Waals surface area contributed by atoms with Gasteiger partial charge in [0.15, 0.2) is 0 Å². The Kier molecular flexibility index (Phi) is 4.90. The summed E-state index contributed by atoms with van der Waals surface area (Å²) in [6.07, 6.45) is 1.90. The van der Waals surface area contributed by atoms with E-state index in [1.54, 1.807) is 0 Å². The minimum atomic E-state index is -0.633. The van der Waals surface area contributed by atoms with Gasteiger partial charge in [-0.2, -0.15) is 0 Å². The fourth-order valence-electron chi connectivity index (χ4n) is 2.44. The molecule has 2 N–H and O–H groups in total. The van der Waals surface area contributed by atoms with Gasteiger partial charge in [0.25, 0.3) is 0 Å². The van der Waals surface area contributed by atoms with E-state index < -0.39 is 11.6 Å². The van der Waals surface area contributed by atoms with Crippen molar-refractivity contribution >= 4 is 11.6 Å². The molecule has 1 aliphatic rings. The molecular formula is C15H21F2N3O. The van der Waals surface area contributed by atoms with Crippen molar-refractivity contribution in [2.24, 2.45) is 0 Å². The van der Waals surface area contributed by atoms with E-state index in [2.05, 4.69) is 17.6 Å². The number of anilines is 1. The monoisotopic (exact) mass is 297 g/mol. The summed E-state index contributed by atoms with van der Waals surface area (Å²) in [4.78, 5) is 13.9. The molecule has 0 bridgehead atoms. The Morgan fingerprint density at radius 1 is 1.33 bits per heavy atom. The van der Waals surface area contributed by atoms with Crippen molar-refractivity contribution in [1.82, 2.24) is 10.2 Å². The third-order valence-electron chi connectivity index (χ3n) is 4.13. The van der Waals surface area contributed by atoms with Gasteiger partial charge >= 0.3 is 0 Å². The maximum absolute atomic E-state index is 13.5. The lowest BCUT2D eigenvalue weighted by atomic mass is 9.90. The highest BCUT2D eigenvalue weighted by atomic mass is 19.1. The summed E-state index contributed by atoms with van der Waals surface area (Å²) in [6, 6.07) is 3.01. The Morgan fingerprint density at radius 2 is 2.00 bits per heavy atom. The van der Waals surface area contributed by atoms with Crippen LogP contribution in [0.4, 0.5) is 14.5 Å². The number of hydrogen-bond acceptors (Lipinski definition) is 3. The molecule has 1 saturated heterocycles. The van der Waals surface area contributed by atoms with Crippen LogP contribution in [0.2, 0.25) is 0 Å². The molecule has 21 heavy (non-hydrogen) atoms. The molecular weight excluding hydrogens is 276 g/mol. The van der Waals surface area contributed by atoms with Crippen LogP contribution in [-0.2, 0) is 4.79 Å². The molecule has 1 fully saturated rings. The molecule has 0 spiro atoms. The molecule has 6 heteroatoms. The zero-order valence-corrected chi connectivity index (χ0v) is 12.4. The number of amides is 1. The number of nitrogens with zero attached hydrogens (tertiary/aromatic N) is 1. The second-order valence-corrected chi connectivity index (χ2v) is 5.76. The molecule has 2 rings (SSSR count). The van der Waals surface area contributed by atoms with Crippen LogP contribution >= 0.6 is 0 Å². The molecule has 0 aliphatic carbocycles. The number of nitrogens with one attached hydrogen (secondary N) is 2. The van der Waals surface area contributed by atoms with E-state index in [0.717, 1.165) is 44.1 Å². The molecule has 1 aromatic rings. The summed E-state index contributed by atoms with van der Waals surface area (Å²) in [5, 5.41) is 5.71. The molecule has 1 amide bonds. The van der Waals surface area contributed by atoms with Gasteiger partial charge in [-0.25, -0.2) is 8.78 Å². The van der Waals surface area contributed by atoms with Gasteiger partial charge in [-0.3, -0.25) is 9.69 Å². The summed E-state index contributed by atoms with van der Waals surface area (Å²) in [5.41, 5.74) is -0.00108. The smallest absolute Gasteiger partial charge is 0.238 e. The van der Waals surface area contributed by atoms with E-state index in [4.69, 9.17) is 0 Å². The maximum Gasteiger partial charge on any atom is 0.238 e. The molecule has 116 valence electrons. The molecule has 0 radical (unpaired) electrons. The zero-order valence-electron chi connectivity index (χ0n) is 12.4. The first-order valence-electron chi connectivity index (χ1n) is 7.08. The van der Waals surface area contributed by atoms with Crippen LogP contribution < -0.4 is 10.6 Å². The predicted molar refractivity (Wildman–Crippen MR) is 78.1 cm³/mol. The molecule has 0 unspecified atom stereocenters. The van der Waals surface area contributed by atoms with E-state index in [1.165, 1.54) is 0 Å². The van der Waals surface area contributed by atoms with Crippen molar-refractivity contribution in [2.45, 2.75) is 25.3 Å². The molecule has 1 aromatic carbocycles. The normalized spacial score (nSPS) is 18.5. The van der Waals surface area contributed by atoms with Gasteiger partial charge in [0.2, 0.25) is 5.91 Å². The first-order valence-corrected chi connectivity index (χ1v) is 7.08. The summed E-state index contributed by atoms with van der Waals surface area (Å²) >= 11 is 0. The van der Waals surface area contributed by atoms with E-state index >= 15 is 0 Å². The molecule has 1 aliphatic heterocycles. The van der Waals surface area contributed by atoms with Gasteiger partial charge in [0.1, 0.15) is 11.6 Å². The van der Waals surface area contributed by atoms with Crippen molar-refractivity contribution in [3.63, 3.8) is 0 Å². The predicted octanol–water partition coefficient (Wildman–Crippen LogP) is 1.98. The first-order chi connectivity index (χ1) is 9.92. The molecule has 4 nitrogen and oxygen atoms in total. The summed E-state index contributed by atoms with van der Waals surface area (Å²) < 4.78 is 26.5. The number of halogens is 2. The van der Waals surface area contributed by atoms with Gasteiger partial charge in [-0.15, -0.1) is 0 Å². The van der Waals surface area contributed by atoms with Gasteiger partial charge in [0.05, 0.1) is 12.2 Å². The SMILES string of the molecule is CNC1(C)CCN(CC(=O)Nc2cc(F)ccc2F)CC1. The van der Waals surface area contributed by atoms with Gasteiger partial charge in [-0.1, -0.05) is 0 Å². The van der Waals surface area contributed by atoms with Crippen LogP contribution in [0, 0.1) is 11.6 Å². The van der Waals surface area contributed by atoms with Gasteiger partial charge in [0, 0.05) is 24.7 Å². The standard InChI is InChI=1S/C15H21F2N3O/c1-15(18-2)5-7-20(8-6-15)10-14(21)19-13-9-11(16)3-4-12(13)17/h3-4,9,18H,5-8,10H2,1-2H3,(H,19,21). The first kappa shape index (κ1) is 15.9. The molecule has 1 heterocycles. The second-order valence-electron chi connectivity index (χ2n) is 5.76. The van der Waals surface area contributed by atoms with E-state index in [-0.39, 0.29) is 23.7 Å². The third-order valence-corrected chi connectivity index (χ3v) is 4.13. The van der Waals surface area contributed by atoms with Crippen molar-refractivity contribution in [3.8, 4) is 0 Å². The third kappa shape index (κ3) is 4.22. The number of benzene rings is 1. The fourth-order valence-corrected chi connectivity index (χ4v) is 2.44. The van der Waals surface area contributed by atoms with E-state index in [9.17, 15) is 13.6 Å². The van der Waals surface area contributed by atoms with Crippen molar-refractivity contribution in [2.75, 3.05) is 32.0 Å². The van der Waals surface area contributed by atoms with Crippen molar-refractivity contribution < 1.29 is 13.6 Å². The van der Waals surface area contributed by atoms with Crippen molar-refractivity contribution in [1.29, 1.82) is 0 Å². The summed E-state index contributed by atoms with van der Waals surface area (Å²) in [6.45, 7) is 3.95. The minimum Gasteiger partial charge on any atom is -0.322 e. The van der Waals surface area contributed by atoms with Crippen LogP contribution in [0.3, 0.4) is 0 Å². The van der Waals surface area contributed by atoms with Gasteiger partial charge in [-0.05, 0) is 38.9 Å². The van der Waals surface area contributed by atoms with Crippen LogP contribution in [0.1, 0.15) is 19.8 Å². The Morgan fingerprint density at radius 3 is 2.62 bits per heavy atom. The molecule has 0 saturated carbocycles. The largest absolute Gasteiger partial charge is 0.322 e. The maximum atomic E-state index is 13.5.